The van der Waals surface area contributed by atoms with Gasteiger partial charge in [0.05, 0.1) is 0 Å². The van der Waals surface area contributed by atoms with Crippen molar-refractivity contribution in [2.45, 2.75) is 0 Å². The summed E-state index contributed by atoms with van der Waals surface area (Å²) in [7, 11) is 0. The van der Waals surface area contributed by atoms with Crippen molar-refractivity contribution in [1.29, 1.82) is 0 Å². The molecule has 0 aliphatic heterocycles. The summed E-state index contributed by atoms with van der Waals surface area (Å²) in [6.07, 6.45) is 0. The third-order valence-electron chi connectivity index (χ3n) is 0. The average Bonchev–Trinajstić information content (AvgIpc) is 0. The van der Waals surface area contributed by atoms with E-state index in [0.717, 1.165) is 0 Å². The summed E-state index contributed by atoms with van der Waals surface area (Å²) in [6.45, 7) is 0. The van der Waals surface area contributed by atoms with E-state index in [-0.39, 0.29) is 57.0 Å². The third kappa shape index (κ3) is 9.76. The van der Waals surface area contributed by atoms with E-state index in [9.17, 15) is 0 Å². The molecule has 0 nitrogen and oxygen atoms in total. The van der Waals surface area contributed by atoms with Crippen molar-refractivity contribution >= 4 is 25.8 Å². The van der Waals surface area contributed by atoms with Crippen LogP contribution >= 0.6 is 0 Å². The maximum absolute atomic E-state index is 0. The van der Waals surface area contributed by atoms with Gasteiger partial charge in [-0.3, -0.25) is 0 Å². The van der Waals surface area contributed by atoms with Gasteiger partial charge in [0.25, 0.3) is 0 Å². The molecule has 4 radical (unpaired) electrons. The van der Waals surface area contributed by atoms with E-state index < -0.39 is 0 Å². The molecule has 0 heterocycles. The monoisotopic (exact) mass is 80.0 g/mol. The second-order valence-electron chi connectivity index (χ2n) is 0. The molecule has 0 saturated heterocycles. The van der Waals surface area contributed by atoms with Crippen molar-refractivity contribution in [3.05, 3.63) is 0 Å². The molecule has 12 valence electrons. The van der Waals surface area contributed by atoms with Gasteiger partial charge in [-0.1, -0.05) is 0 Å². The Morgan fingerprint density at radius 3 is 1.00 bits per heavy atom. The van der Waals surface area contributed by atoms with E-state index in [1.165, 1.54) is 0 Å². The summed E-state index contributed by atoms with van der Waals surface area (Å²) >= 11 is 0. The van der Waals surface area contributed by atoms with E-state index in [1.807, 2.05) is 0 Å². The zero-order valence-electron chi connectivity index (χ0n) is 2.53. The Balaban J connectivity index is 0. The Hall–Kier alpha value is 1.48. The number of hydrogen-bond donors (Lipinski definition) is 0. The van der Waals surface area contributed by atoms with E-state index in [1.54, 1.807) is 0 Å². The molecule has 0 amide bonds. The maximum Gasteiger partial charge on any atom is 3.00 e. The number of halogens is 1. The molecule has 0 aliphatic rings. The standard InChI is InChI=1S/Al.B.ClH.Li/h;;1H;/q+3;-1;;+1/p-1. The van der Waals surface area contributed by atoms with Crippen LogP contribution in [0.4, 0.5) is 0 Å². The molecule has 0 aromatic rings. The van der Waals surface area contributed by atoms with Crippen molar-refractivity contribution in [2.24, 2.45) is 0 Å². The van der Waals surface area contributed by atoms with Gasteiger partial charge in [-0.15, -0.1) is 0 Å². The van der Waals surface area contributed by atoms with Gasteiger partial charge in [0.2, 0.25) is 0 Å². The largest absolute Gasteiger partial charge is 3.00 e. The van der Waals surface area contributed by atoms with Crippen LogP contribution < -0.4 is 31.3 Å². The Kier molecular flexibility index (Phi) is 309. The van der Waals surface area contributed by atoms with E-state index >= 15 is 0 Å². The molecule has 0 aromatic carbocycles. The van der Waals surface area contributed by atoms with Gasteiger partial charge in [-0.2, -0.15) is 0 Å². The normalized spacial score (nSPS) is 0. The topological polar surface area (TPSA) is 0 Å². The minimum atomic E-state index is 0. The van der Waals surface area contributed by atoms with Crippen molar-refractivity contribution in [2.75, 3.05) is 0 Å². The van der Waals surface area contributed by atoms with Gasteiger partial charge in [0.15, 0.2) is 0 Å². The molecule has 0 N–H and O–H groups in total. The summed E-state index contributed by atoms with van der Waals surface area (Å²) in [5.74, 6) is 0. The Morgan fingerprint density at radius 2 is 1.00 bits per heavy atom. The first-order chi connectivity index (χ1) is 0. The smallest absolute Gasteiger partial charge is 1.00 e. The molecule has 4 heavy (non-hydrogen) atoms. The minimum Gasteiger partial charge on any atom is -1.00 e. The van der Waals surface area contributed by atoms with Gasteiger partial charge >= 0.3 is 36.2 Å². The summed E-state index contributed by atoms with van der Waals surface area (Å²) < 4.78 is 0. The fourth-order valence-electron chi connectivity index (χ4n) is 0. The summed E-state index contributed by atoms with van der Waals surface area (Å²) in [5, 5.41) is 0. The number of rotatable bonds is 0. The van der Waals surface area contributed by atoms with Crippen LogP contribution in [0.5, 0.6) is 0 Å². The zero-order chi connectivity index (χ0) is 0. The van der Waals surface area contributed by atoms with Crippen LogP contribution in [0.1, 0.15) is 0 Å². The summed E-state index contributed by atoms with van der Waals surface area (Å²) in [5.41, 5.74) is 0. The predicted octanol–water partition coefficient (Wildman–Crippen LogP) is -6.75. The summed E-state index contributed by atoms with van der Waals surface area (Å²) in [4.78, 5) is 0. The van der Waals surface area contributed by atoms with Gasteiger partial charge in [0.1, 0.15) is 0 Å². The van der Waals surface area contributed by atoms with Crippen LogP contribution in [0.15, 0.2) is 0 Å². The second kappa shape index (κ2) is 24.7. The Bertz CT molecular complexity index is 8.00. The summed E-state index contributed by atoms with van der Waals surface area (Å²) in [6, 6.07) is 0. The predicted molar refractivity (Wildman–Crippen MR) is 11.5 cm³/mol. The van der Waals surface area contributed by atoms with E-state index in [2.05, 4.69) is 0 Å². The molecule has 0 spiro atoms. The molecular weight excluding hydrogens is 80.2 g/mol. The zero-order valence-corrected chi connectivity index (χ0v) is 4.44. The van der Waals surface area contributed by atoms with E-state index in [0.29, 0.717) is 0 Å². The van der Waals surface area contributed by atoms with Crippen LogP contribution in [-0.2, 0) is 0 Å². The van der Waals surface area contributed by atoms with Crippen molar-refractivity contribution < 1.29 is 31.3 Å². The molecule has 0 aromatic heterocycles. The van der Waals surface area contributed by atoms with Gasteiger partial charge in [-0.25, -0.2) is 0 Å². The average molecular weight is 80.2 g/mol. The van der Waals surface area contributed by atoms with Crippen LogP contribution in [0, 0.1) is 0 Å². The third-order valence-corrected chi connectivity index (χ3v) is 0. The first-order valence-electron chi connectivity index (χ1n) is 0. The van der Waals surface area contributed by atoms with Crippen molar-refractivity contribution in [3.63, 3.8) is 0 Å². The van der Waals surface area contributed by atoms with E-state index in [4.69, 9.17) is 0 Å². The number of hydrogen-bond acceptors (Lipinski definition) is 0. The molecule has 4 heteroatoms. The Morgan fingerprint density at radius 1 is 1.00 bits per heavy atom. The SMILES string of the molecule is [Al+3].[B-].[Cl-].[Li+]. The van der Waals surface area contributed by atoms with Crippen LogP contribution in [0.2, 0.25) is 0 Å². The molecule has 0 bridgehead atoms. The molecule has 0 fully saturated rings. The molecule has 0 aliphatic carbocycles. The van der Waals surface area contributed by atoms with Gasteiger partial charge in [0, 0.05) is 0 Å². The van der Waals surface area contributed by atoms with Crippen molar-refractivity contribution in [3.8, 4) is 0 Å². The van der Waals surface area contributed by atoms with Gasteiger partial charge in [-0.05, 0) is 0 Å². The van der Waals surface area contributed by atoms with Crippen LogP contribution in [-0.4, -0.2) is 25.8 Å². The Labute approximate surface area is 57.0 Å². The van der Waals surface area contributed by atoms with Crippen LogP contribution in [0.25, 0.3) is 0 Å². The molecular formula is AlBClLi+2. The maximum atomic E-state index is 0. The van der Waals surface area contributed by atoms with Crippen molar-refractivity contribution in [1.82, 2.24) is 0 Å². The quantitative estimate of drug-likeness (QED) is 0.254. The first kappa shape index (κ1) is 50.0. The second-order valence-corrected chi connectivity index (χ2v) is 0. The molecule has 0 rings (SSSR count). The van der Waals surface area contributed by atoms with Gasteiger partial charge < -0.3 is 20.8 Å². The molecule has 0 atom stereocenters. The molecule has 0 unspecified atom stereocenters. The van der Waals surface area contributed by atoms with Crippen LogP contribution in [0.3, 0.4) is 0 Å². The minimum absolute atomic E-state index is 0. The fourth-order valence-corrected chi connectivity index (χ4v) is 0. The first-order valence-corrected chi connectivity index (χ1v) is 0. The fraction of sp³-hybridized carbons (Fsp3) is 0. The molecule has 0 saturated carbocycles.